The largest absolute Gasteiger partial charge is 0.392 e. The van der Waals surface area contributed by atoms with E-state index in [1.165, 1.54) is 18.4 Å². The van der Waals surface area contributed by atoms with Gasteiger partial charge in [-0.1, -0.05) is 6.07 Å². The van der Waals surface area contributed by atoms with E-state index in [9.17, 15) is 9.50 Å². The quantitative estimate of drug-likeness (QED) is 0.715. The van der Waals surface area contributed by atoms with Crippen LogP contribution in [0.4, 0.5) is 10.2 Å². The lowest BCUT2D eigenvalue weighted by Crippen LogP contribution is -2.25. The Balaban J connectivity index is 1.51. The number of pyridine rings is 2. The van der Waals surface area contributed by atoms with Crippen LogP contribution in [-0.2, 0) is 6.61 Å². The molecule has 2 fully saturated rings. The summed E-state index contributed by atoms with van der Waals surface area (Å²) in [5.41, 5.74) is 4.67. The van der Waals surface area contributed by atoms with Crippen LogP contribution in [0.3, 0.4) is 0 Å². The van der Waals surface area contributed by atoms with Gasteiger partial charge in [0.15, 0.2) is 0 Å². The Morgan fingerprint density at radius 1 is 1.22 bits per heavy atom. The van der Waals surface area contributed by atoms with Gasteiger partial charge in [0.2, 0.25) is 0 Å². The molecule has 5 rings (SSSR count). The summed E-state index contributed by atoms with van der Waals surface area (Å²) >= 11 is 0. The molecule has 6 heteroatoms. The summed E-state index contributed by atoms with van der Waals surface area (Å²) in [4.78, 5) is 9.21. The van der Waals surface area contributed by atoms with E-state index >= 15 is 0 Å². The van der Waals surface area contributed by atoms with E-state index in [1.54, 1.807) is 0 Å². The normalized spacial score (nSPS) is 22.4. The van der Waals surface area contributed by atoms with Crippen molar-refractivity contribution in [3.63, 3.8) is 0 Å². The molecule has 0 radical (unpaired) electrons. The van der Waals surface area contributed by atoms with Crippen LogP contribution in [0, 0.1) is 0 Å². The number of nitrogens with zero attached hydrogens (tertiary/aromatic N) is 3. The van der Waals surface area contributed by atoms with Gasteiger partial charge >= 0.3 is 0 Å². The number of hydrogen-bond acceptors (Lipinski definition) is 4. The molecule has 5 nitrogen and oxygen atoms in total. The molecule has 0 spiro atoms. The number of halogens is 1. The molecule has 27 heavy (non-hydrogen) atoms. The molecule has 3 aromatic rings. The number of hydrogen-bond donors (Lipinski definition) is 2. The average molecular weight is 366 g/mol. The average Bonchev–Trinajstić information content (AvgIpc) is 3.34. The summed E-state index contributed by atoms with van der Waals surface area (Å²) in [5, 5.41) is 12.9. The molecule has 140 valence electrons. The maximum Gasteiger partial charge on any atom is 0.137 e. The molecule has 2 N–H and O–H groups in total. The van der Waals surface area contributed by atoms with Crippen molar-refractivity contribution in [2.24, 2.45) is 0 Å². The Labute approximate surface area is 157 Å². The van der Waals surface area contributed by atoms with Crippen molar-refractivity contribution >= 4 is 11.5 Å². The van der Waals surface area contributed by atoms with Crippen molar-refractivity contribution in [3.05, 3.63) is 47.8 Å². The predicted octanol–water partition coefficient (Wildman–Crippen LogP) is 4.07. The van der Waals surface area contributed by atoms with E-state index in [-0.39, 0.29) is 12.6 Å². The smallest absolute Gasteiger partial charge is 0.137 e. The lowest BCUT2D eigenvalue weighted by atomic mass is 10.1. The summed E-state index contributed by atoms with van der Waals surface area (Å²) in [7, 11) is 0. The lowest BCUT2D eigenvalue weighted by molar-refractivity contribution is 0.280. The van der Waals surface area contributed by atoms with E-state index in [1.807, 2.05) is 34.9 Å². The minimum absolute atomic E-state index is 0.0357. The number of aliphatic hydroxyl groups excluding tert-OH is 1. The first-order chi connectivity index (χ1) is 13.2. The number of aromatic nitrogens is 3. The third kappa shape index (κ3) is 3.08. The van der Waals surface area contributed by atoms with Crippen molar-refractivity contribution in [2.45, 2.75) is 56.8 Å². The zero-order chi connectivity index (χ0) is 18.4. The van der Waals surface area contributed by atoms with Crippen molar-refractivity contribution < 1.29 is 9.50 Å². The Kier molecular flexibility index (Phi) is 4.08. The molecule has 3 aromatic heterocycles. The monoisotopic (exact) mass is 366 g/mol. The van der Waals surface area contributed by atoms with Crippen LogP contribution in [0.2, 0.25) is 0 Å². The first-order valence-corrected chi connectivity index (χ1v) is 9.71. The molecular weight excluding hydrogens is 343 g/mol. The summed E-state index contributed by atoms with van der Waals surface area (Å²) in [5.74, 6) is 1.24. The molecule has 0 unspecified atom stereocenters. The fraction of sp³-hybridized carbons (Fsp3) is 0.429. The molecular formula is C21H23FN4O. The molecule has 0 saturated heterocycles. The maximum absolute atomic E-state index is 13.9. The second kappa shape index (κ2) is 6.60. The van der Waals surface area contributed by atoms with Gasteiger partial charge in [-0.3, -0.25) is 4.40 Å². The molecule has 0 aliphatic heterocycles. The van der Waals surface area contributed by atoms with Crippen LogP contribution in [0.25, 0.3) is 17.0 Å². The number of alkyl halides is 1. The number of aliphatic hydroxyl groups is 1. The van der Waals surface area contributed by atoms with E-state index < -0.39 is 6.17 Å². The van der Waals surface area contributed by atoms with E-state index in [0.717, 1.165) is 35.4 Å². The first-order valence-electron chi connectivity index (χ1n) is 9.71. The topological polar surface area (TPSA) is 62.5 Å². The van der Waals surface area contributed by atoms with E-state index in [2.05, 4.69) is 16.5 Å². The van der Waals surface area contributed by atoms with Gasteiger partial charge in [0, 0.05) is 6.20 Å². The molecule has 2 atom stereocenters. The molecule has 0 aromatic carbocycles. The highest BCUT2D eigenvalue weighted by Gasteiger charge is 2.28. The van der Waals surface area contributed by atoms with Crippen LogP contribution in [0.1, 0.15) is 49.1 Å². The number of rotatable bonds is 5. The Morgan fingerprint density at radius 2 is 2.11 bits per heavy atom. The fourth-order valence-corrected chi connectivity index (χ4v) is 4.09. The minimum atomic E-state index is -0.802. The number of fused-ring (bicyclic) bond motifs is 1. The van der Waals surface area contributed by atoms with Crippen molar-refractivity contribution in [3.8, 4) is 11.4 Å². The molecule has 2 saturated carbocycles. The minimum Gasteiger partial charge on any atom is -0.392 e. The third-order valence-electron chi connectivity index (χ3n) is 5.73. The number of anilines is 1. The van der Waals surface area contributed by atoms with Crippen LogP contribution in [0.15, 0.2) is 36.7 Å². The highest BCUT2D eigenvalue weighted by atomic mass is 19.1. The van der Waals surface area contributed by atoms with Crippen LogP contribution in [-0.4, -0.2) is 31.7 Å². The van der Waals surface area contributed by atoms with Crippen molar-refractivity contribution in [1.82, 2.24) is 14.4 Å². The highest BCUT2D eigenvalue weighted by Crippen LogP contribution is 2.42. The third-order valence-corrected chi connectivity index (χ3v) is 5.73. The standard InChI is InChI=1S/C21H23FN4O/c22-16-3-1-4-17(16)24-20-6-2-5-18(25-20)19-10-23-21-9-14(12-27)15(11-26(19)21)13-7-8-13/h2,5-6,9-11,13,16-17,27H,1,3-4,7-8,12H2,(H,24,25)/t16-,17-/m0/s1. The van der Waals surface area contributed by atoms with Gasteiger partial charge in [0.1, 0.15) is 17.6 Å². The lowest BCUT2D eigenvalue weighted by Gasteiger charge is -2.16. The zero-order valence-corrected chi connectivity index (χ0v) is 15.1. The van der Waals surface area contributed by atoms with Crippen LogP contribution >= 0.6 is 0 Å². The summed E-state index contributed by atoms with van der Waals surface area (Å²) in [6.07, 6.45) is 7.84. The summed E-state index contributed by atoms with van der Waals surface area (Å²) < 4.78 is 16.0. The van der Waals surface area contributed by atoms with E-state index in [4.69, 9.17) is 4.98 Å². The van der Waals surface area contributed by atoms with Gasteiger partial charge in [-0.2, -0.15) is 0 Å². The summed E-state index contributed by atoms with van der Waals surface area (Å²) in [6, 6.07) is 7.59. The Morgan fingerprint density at radius 3 is 2.85 bits per heavy atom. The van der Waals surface area contributed by atoms with Crippen molar-refractivity contribution in [2.75, 3.05) is 5.32 Å². The molecule has 2 aliphatic carbocycles. The number of nitrogens with one attached hydrogen (secondary N) is 1. The molecule has 3 heterocycles. The molecule has 2 aliphatic rings. The molecule has 0 bridgehead atoms. The van der Waals surface area contributed by atoms with Gasteiger partial charge in [-0.05, 0) is 67.3 Å². The van der Waals surface area contributed by atoms with Crippen LogP contribution < -0.4 is 5.32 Å². The van der Waals surface area contributed by atoms with Gasteiger partial charge < -0.3 is 10.4 Å². The maximum atomic E-state index is 13.9. The summed E-state index contributed by atoms with van der Waals surface area (Å²) in [6.45, 7) is 0.0357. The first kappa shape index (κ1) is 16.7. The second-order valence-corrected chi connectivity index (χ2v) is 7.66. The Hall–Kier alpha value is -2.47. The van der Waals surface area contributed by atoms with Gasteiger partial charge in [0.05, 0.1) is 30.2 Å². The predicted molar refractivity (Wildman–Crippen MR) is 102 cm³/mol. The van der Waals surface area contributed by atoms with Gasteiger partial charge in [-0.25, -0.2) is 14.4 Å². The van der Waals surface area contributed by atoms with E-state index in [0.29, 0.717) is 18.2 Å². The van der Waals surface area contributed by atoms with Crippen molar-refractivity contribution in [1.29, 1.82) is 0 Å². The van der Waals surface area contributed by atoms with Gasteiger partial charge in [-0.15, -0.1) is 0 Å². The second-order valence-electron chi connectivity index (χ2n) is 7.66. The fourth-order valence-electron chi connectivity index (χ4n) is 4.09. The number of imidazole rings is 1. The molecule has 0 amide bonds. The SMILES string of the molecule is OCc1cc2ncc(-c3cccc(N[C@H]4CCC[C@@H]4F)n3)n2cc1C1CC1. The Bertz CT molecular complexity index is 981. The zero-order valence-electron chi connectivity index (χ0n) is 15.1. The highest BCUT2D eigenvalue weighted by molar-refractivity contribution is 5.63. The van der Waals surface area contributed by atoms with Gasteiger partial charge in [0.25, 0.3) is 0 Å². The van der Waals surface area contributed by atoms with Crippen LogP contribution in [0.5, 0.6) is 0 Å².